The molecule has 1 unspecified atom stereocenters. The van der Waals surface area contributed by atoms with Crippen LogP contribution in [0.25, 0.3) is 0 Å². The standard InChI is InChI=1S/C12H22N2O4S/c1-3-14(10-4-5-19(16,17)7-10)11(15)6-18-12(2)8-13-9-12/h10,13H,3-9H2,1-2H3. The summed E-state index contributed by atoms with van der Waals surface area (Å²) in [5.74, 6) is 0.160. The molecule has 6 nitrogen and oxygen atoms in total. The summed E-state index contributed by atoms with van der Waals surface area (Å²) in [4.78, 5) is 13.8. The number of carbonyl (C=O) groups excluding carboxylic acids is 1. The Labute approximate surface area is 114 Å². The normalized spacial score (nSPS) is 27.8. The van der Waals surface area contributed by atoms with Gasteiger partial charge in [0.15, 0.2) is 9.84 Å². The van der Waals surface area contributed by atoms with E-state index in [2.05, 4.69) is 5.32 Å². The molecule has 0 aromatic heterocycles. The monoisotopic (exact) mass is 290 g/mol. The van der Waals surface area contributed by atoms with E-state index in [1.165, 1.54) is 0 Å². The van der Waals surface area contributed by atoms with Gasteiger partial charge >= 0.3 is 0 Å². The van der Waals surface area contributed by atoms with Gasteiger partial charge in [0.2, 0.25) is 5.91 Å². The Morgan fingerprint density at radius 3 is 2.58 bits per heavy atom. The number of amides is 1. The molecule has 1 N–H and O–H groups in total. The Balaban J connectivity index is 1.88. The van der Waals surface area contributed by atoms with Gasteiger partial charge in [0.05, 0.1) is 17.1 Å². The lowest BCUT2D eigenvalue weighted by Gasteiger charge is -2.39. The second kappa shape index (κ2) is 5.38. The molecule has 0 saturated carbocycles. The van der Waals surface area contributed by atoms with Crippen LogP contribution in [-0.2, 0) is 19.4 Å². The van der Waals surface area contributed by atoms with Crippen molar-refractivity contribution in [3.05, 3.63) is 0 Å². The van der Waals surface area contributed by atoms with Crippen molar-refractivity contribution >= 4 is 15.7 Å². The van der Waals surface area contributed by atoms with Crippen LogP contribution in [0.5, 0.6) is 0 Å². The van der Waals surface area contributed by atoms with Crippen molar-refractivity contribution in [2.24, 2.45) is 0 Å². The highest BCUT2D eigenvalue weighted by Gasteiger charge is 2.36. The summed E-state index contributed by atoms with van der Waals surface area (Å²) in [6.45, 7) is 5.90. The Hall–Kier alpha value is -0.660. The number of hydrogen-bond acceptors (Lipinski definition) is 5. The van der Waals surface area contributed by atoms with E-state index in [-0.39, 0.29) is 35.7 Å². The fourth-order valence-corrected chi connectivity index (χ4v) is 4.29. The fourth-order valence-electron chi connectivity index (χ4n) is 2.56. The maximum atomic E-state index is 12.1. The van der Waals surface area contributed by atoms with Crippen LogP contribution < -0.4 is 5.32 Å². The summed E-state index contributed by atoms with van der Waals surface area (Å²) >= 11 is 0. The first-order valence-electron chi connectivity index (χ1n) is 6.70. The highest BCUT2D eigenvalue weighted by molar-refractivity contribution is 7.91. The molecule has 7 heteroatoms. The molecule has 0 radical (unpaired) electrons. The predicted molar refractivity (Wildman–Crippen MR) is 71.7 cm³/mol. The van der Waals surface area contributed by atoms with Crippen LogP contribution in [0.1, 0.15) is 20.3 Å². The van der Waals surface area contributed by atoms with Gasteiger partial charge < -0.3 is 15.0 Å². The molecule has 0 aliphatic carbocycles. The zero-order valence-corrected chi connectivity index (χ0v) is 12.3. The molecule has 0 aromatic rings. The van der Waals surface area contributed by atoms with Crippen molar-refractivity contribution in [3.8, 4) is 0 Å². The van der Waals surface area contributed by atoms with Gasteiger partial charge in [-0.3, -0.25) is 4.79 Å². The first-order chi connectivity index (χ1) is 8.85. The summed E-state index contributed by atoms with van der Waals surface area (Å²) in [6.07, 6.45) is 0.542. The fraction of sp³-hybridized carbons (Fsp3) is 0.917. The molecule has 19 heavy (non-hydrogen) atoms. The van der Waals surface area contributed by atoms with E-state index >= 15 is 0 Å². The topological polar surface area (TPSA) is 75.7 Å². The molecule has 1 amide bonds. The molecule has 2 heterocycles. The molecule has 2 rings (SSSR count). The van der Waals surface area contributed by atoms with Crippen LogP contribution in [0.2, 0.25) is 0 Å². The van der Waals surface area contributed by atoms with E-state index in [1.54, 1.807) is 4.90 Å². The Bertz CT molecular complexity index is 445. The SMILES string of the molecule is CCN(C(=O)COC1(C)CNC1)C1CCS(=O)(=O)C1. The maximum absolute atomic E-state index is 12.1. The van der Waals surface area contributed by atoms with Crippen LogP contribution in [0.3, 0.4) is 0 Å². The minimum atomic E-state index is -2.97. The summed E-state index contributed by atoms with van der Waals surface area (Å²) < 4.78 is 28.6. The van der Waals surface area contributed by atoms with Gasteiger partial charge in [0, 0.05) is 25.7 Å². The predicted octanol–water partition coefficient (Wildman–Crippen LogP) is -0.599. The van der Waals surface area contributed by atoms with E-state index < -0.39 is 9.84 Å². The van der Waals surface area contributed by atoms with Gasteiger partial charge in [-0.25, -0.2) is 8.42 Å². The number of ether oxygens (including phenoxy) is 1. The second-order valence-electron chi connectivity index (χ2n) is 5.58. The van der Waals surface area contributed by atoms with Crippen LogP contribution >= 0.6 is 0 Å². The number of nitrogens with one attached hydrogen (secondary N) is 1. The van der Waals surface area contributed by atoms with Crippen LogP contribution in [-0.4, -0.2) is 68.6 Å². The number of hydrogen-bond donors (Lipinski definition) is 1. The molecular weight excluding hydrogens is 268 g/mol. The highest BCUT2D eigenvalue weighted by atomic mass is 32.2. The Morgan fingerprint density at radius 1 is 1.47 bits per heavy atom. The summed E-state index contributed by atoms with van der Waals surface area (Å²) in [5, 5.41) is 3.11. The molecule has 1 atom stereocenters. The lowest BCUT2D eigenvalue weighted by Crippen LogP contribution is -2.60. The van der Waals surface area contributed by atoms with Gasteiger partial charge in [-0.05, 0) is 20.3 Å². The van der Waals surface area contributed by atoms with Crippen molar-refractivity contribution in [1.29, 1.82) is 0 Å². The summed E-state index contributed by atoms with van der Waals surface area (Å²) in [5.41, 5.74) is -0.253. The van der Waals surface area contributed by atoms with E-state index in [1.807, 2.05) is 13.8 Å². The van der Waals surface area contributed by atoms with Crippen LogP contribution in [0.4, 0.5) is 0 Å². The minimum Gasteiger partial charge on any atom is -0.363 e. The smallest absolute Gasteiger partial charge is 0.248 e. The van der Waals surface area contributed by atoms with Crippen molar-refractivity contribution < 1.29 is 17.9 Å². The van der Waals surface area contributed by atoms with Gasteiger partial charge in [-0.2, -0.15) is 0 Å². The molecule has 2 saturated heterocycles. The number of likely N-dealkylation sites (N-methyl/N-ethyl adjacent to an activating group) is 1. The minimum absolute atomic E-state index is 0.0303. The zero-order chi connectivity index (χ0) is 14.1. The molecule has 0 aromatic carbocycles. The van der Waals surface area contributed by atoms with Crippen molar-refractivity contribution in [1.82, 2.24) is 10.2 Å². The molecule has 110 valence electrons. The first kappa shape index (κ1) is 14.7. The zero-order valence-electron chi connectivity index (χ0n) is 11.5. The number of carbonyl (C=O) groups is 1. The van der Waals surface area contributed by atoms with Gasteiger partial charge in [0.25, 0.3) is 0 Å². The summed E-state index contributed by atoms with van der Waals surface area (Å²) in [6, 6.07) is -0.182. The number of rotatable bonds is 5. The molecule has 0 spiro atoms. The molecule has 0 bridgehead atoms. The highest BCUT2D eigenvalue weighted by Crippen LogP contribution is 2.19. The average molecular weight is 290 g/mol. The lowest BCUT2D eigenvalue weighted by molar-refractivity contribution is -0.147. The van der Waals surface area contributed by atoms with Crippen LogP contribution in [0.15, 0.2) is 0 Å². The lowest BCUT2D eigenvalue weighted by atomic mass is 10.0. The number of sulfone groups is 1. The van der Waals surface area contributed by atoms with E-state index in [0.717, 1.165) is 13.1 Å². The maximum Gasteiger partial charge on any atom is 0.248 e. The van der Waals surface area contributed by atoms with E-state index in [0.29, 0.717) is 13.0 Å². The van der Waals surface area contributed by atoms with Crippen molar-refractivity contribution in [2.75, 3.05) is 37.7 Å². The van der Waals surface area contributed by atoms with Crippen molar-refractivity contribution in [2.45, 2.75) is 31.9 Å². The van der Waals surface area contributed by atoms with E-state index in [4.69, 9.17) is 4.74 Å². The van der Waals surface area contributed by atoms with Gasteiger partial charge in [-0.15, -0.1) is 0 Å². The summed E-state index contributed by atoms with van der Waals surface area (Å²) in [7, 11) is -2.97. The largest absolute Gasteiger partial charge is 0.363 e. The van der Waals surface area contributed by atoms with E-state index in [9.17, 15) is 13.2 Å². The quantitative estimate of drug-likeness (QED) is 0.732. The molecular formula is C12H22N2O4S. The molecule has 2 aliphatic rings. The molecule has 2 aliphatic heterocycles. The third-order valence-corrected chi connectivity index (χ3v) is 5.60. The second-order valence-corrected chi connectivity index (χ2v) is 7.81. The number of nitrogens with zero attached hydrogens (tertiary/aromatic N) is 1. The third-order valence-electron chi connectivity index (χ3n) is 3.85. The van der Waals surface area contributed by atoms with Gasteiger partial charge in [0.1, 0.15) is 6.61 Å². The molecule has 2 fully saturated rings. The first-order valence-corrected chi connectivity index (χ1v) is 8.52. The van der Waals surface area contributed by atoms with Crippen LogP contribution in [0, 0.1) is 0 Å². The Morgan fingerprint density at radius 2 is 2.16 bits per heavy atom. The van der Waals surface area contributed by atoms with Crippen molar-refractivity contribution in [3.63, 3.8) is 0 Å². The Kier molecular flexibility index (Phi) is 4.17. The van der Waals surface area contributed by atoms with Gasteiger partial charge in [-0.1, -0.05) is 0 Å². The average Bonchev–Trinajstić information content (AvgIpc) is 2.65. The third kappa shape index (κ3) is 3.46.